The smallest absolute Gasteiger partial charge is 0.429 e. The van der Waals surface area contributed by atoms with E-state index in [9.17, 15) is 4.79 Å². The fraction of sp³-hybridized carbons (Fsp3) is 0.333. The highest BCUT2D eigenvalue weighted by atomic mass is 16.6. The first-order chi connectivity index (χ1) is 8.20. The standard InChI is InChI=1S/C12H13N3O2/c1-3-17-12(16)15-10-7-5-4-6-9(10)11(8-13)14(15)2/h4-7,11H,3H2,1-2H3. The molecule has 1 aliphatic rings. The van der Waals surface area contributed by atoms with Crippen molar-refractivity contribution in [2.45, 2.75) is 13.0 Å². The number of benzene rings is 1. The van der Waals surface area contributed by atoms with Crippen molar-refractivity contribution in [1.82, 2.24) is 5.01 Å². The minimum Gasteiger partial charge on any atom is -0.448 e. The minimum absolute atomic E-state index is 0.308. The topological polar surface area (TPSA) is 56.6 Å². The number of ether oxygens (including phenoxy) is 1. The molecule has 1 unspecified atom stereocenters. The van der Waals surface area contributed by atoms with Gasteiger partial charge in [-0.1, -0.05) is 18.2 Å². The molecule has 1 aromatic carbocycles. The molecule has 5 heteroatoms. The summed E-state index contributed by atoms with van der Waals surface area (Å²) < 4.78 is 4.98. The van der Waals surface area contributed by atoms with Gasteiger partial charge in [0.05, 0.1) is 18.4 Å². The number of para-hydroxylation sites is 1. The second kappa shape index (κ2) is 4.44. The highest BCUT2D eigenvalue weighted by Gasteiger charge is 2.38. The van der Waals surface area contributed by atoms with Gasteiger partial charge in [-0.2, -0.15) is 10.3 Å². The van der Waals surface area contributed by atoms with Crippen molar-refractivity contribution in [3.63, 3.8) is 0 Å². The lowest BCUT2D eigenvalue weighted by Gasteiger charge is -2.24. The summed E-state index contributed by atoms with van der Waals surface area (Å²) in [6.07, 6.45) is -0.458. The monoisotopic (exact) mass is 231 g/mol. The summed E-state index contributed by atoms with van der Waals surface area (Å²) >= 11 is 0. The number of carbonyl (C=O) groups is 1. The maximum atomic E-state index is 11.8. The van der Waals surface area contributed by atoms with Gasteiger partial charge in [-0.25, -0.2) is 9.80 Å². The Kier molecular flexibility index (Phi) is 2.98. The number of carbonyl (C=O) groups excluding carboxylic acids is 1. The third kappa shape index (κ3) is 1.73. The van der Waals surface area contributed by atoms with Gasteiger partial charge in [0.1, 0.15) is 6.04 Å². The van der Waals surface area contributed by atoms with E-state index in [0.717, 1.165) is 5.56 Å². The van der Waals surface area contributed by atoms with Gasteiger partial charge in [-0.15, -0.1) is 0 Å². The molecule has 0 saturated carbocycles. The zero-order valence-electron chi connectivity index (χ0n) is 9.75. The Morgan fingerprint density at radius 2 is 2.24 bits per heavy atom. The maximum Gasteiger partial charge on any atom is 0.429 e. The predicted octanol–water partition coefficient (Wildman–Crippen LogP) is 2.07. The van der Waals surface area contributed by atoms with Crippen molar-refractivity contribution in [2.75, 3.05) is 18.7 Å². The molecule has 0 spiro atoms. The Balaban J connectivity index is 2.43. The molecule has 0 N–H and O–H groups in total. The van der Waals surface area contributed by atoms with E-state index in [-0.39, 0.29) is 0 Å². The van der Waals surface area contributed by atoms with Crippen molar-refractivity contribution in [3.05, 3.63) is 29.8 Å². The van der Waals surface area contributed by atoms with Gasteiger partial charge in [0, 0.05) is 12.6 Å². The van der Waals surface area contributed by atoms with Crippen LogP contribution in [-0.4, -0.2) is 24.8 Å². The molecule has 1 aromatic rings. The number of nitrogens with zero attached hydrogens (tertiary/aromatic N) is 3. The number of rotatable bonds is 1. The highest BCUT2D eigenvalue weighted by Crippen LogP contribution is 2.38. The zero-order chi connectivity index (χ0) is 12.4. The maximum absolute atomic E-state index is 11.8. The van der Waals surface area contributed by atoms with Gasteiger partial charge in [-0.05, 0) is 13.0 Å². The summed E-state index contributed by atoms with van der Waals surface area (Å²) in [4.78, 5) is 11.8. The molecule has 1 aliphatic heterocycles. The number of hydrazine groups is 1. The summed E-state index contributed by atoms with van der Waals surface area (Å²) in [5.74, 6) is 0. The largest absolute Gasteiger partial charge is 0.448 e. The van der Waals surface area contributed by atoms with Gasteiger partial charge >= 0.3 is 6.09 Å². The molecular formula is C12H13N3O2. The number of nitriles is 1. The average Bonchev–Trinajstić information content (AvgIpc) is 2.61. The third-order valence-corrected chi connectivity index (χ3v) is 2.71. The predicted molar refractivity (Wildman–Crippen MR) is 62.1 cm³/mol. The Hall–Kier alpha value is -2.06. The van der Waals surface area contributed by atoms with Gasteiger partial charge in [0.15, 0.2) is 0 Å². The Morgan fingerprint density at radius 1 is 1.53 bits per heavy atom. The van der Waals surface area contributed by atoms with Crippen LogP contribution >= 0.6 is 0 Å². The Labute approximate surface area is 99.8 Å². The van der Waals surface area contributed by atoms with E-state index >= 15 is 0 Å². The summed E-state index contributed by atoms with van der Waals surface area (Å²) in [5.41, 5.74) is 1.53. The Morgan fingerprint density at radius 3 is 2.88 bits per heavy atom. The van der Waals surface area contributed by atoms with Crippen molar-refractivity contribution < 1.29 is 9.53 Å². The van der Waals surface area contributed by atoms with Gasteiger partial charge in [0.2, 0.25) is 0 Å². The summed E-state index contributed by atoms with van der Waals surface area (Å²) in [5, 5.41) is 12.1. The van der Waals surface area contributed by atoms with Crippen LogP contribution in [0.4, 0.5) is 10.5 Å². The number of amides is 1. The lowest BCUT2D eigenvalue weighted by Crippen LogP contribution is -2.41. The quantitative estimate of drug-likeness (QED) is 0.742. The summed E-state index contributed by atoms with van der Waals surface area (Å²) in [6.45, 7) is 2.06. The van der Waals surface area contributed by atoms with E-state index < -0.39 is 12.1 Å². The van der Waals surface area contributed by atoms with Crippen molar-refractivity contribution >= 4 is 11.8 Å². The molecule has 0 saturated heterocycles. The van der Waals surface area contributed by atoms with Crippen LogP contribution in [0.5, 0.6) is 0 Å². The van der Waals surface area contributed by atoms with Crippen molar-refractivity contribution in [2.24, 2.45) is 0 Å². The van der Waals surface area contributed by atoms with Crippen LogP contribution in [0.15, 0.2) is 24.3 Å². The van der Waals surface area contributed by atoms with Crippen molar-refractivity contribution in [1.29, 1.82) is 5.26 Å². The lowest BCUT2D eigenvalue weighted by atomic mass is 10.1. The highest BCUT2D eigenvalue weighted by molar-refractivity contribution is 5.89. The van der Waals surface area contributed by atoms with Gasteiger partial charge in [-0.3, -0.25) is 0 Å². The Bertz CT molecular complexity index is 481. The third-order valence-electron chi connectivity index (χ3n) is 2.71. The molecule has 1 amide bonds. The molecule has 17 heavy (non-hydrogen) atoms. The first-order valence-electron chi connectivity index (χ1n) is 5.38. The van der Waals surface area contributed by atoms with E-state index in [1.807, 2.05) is 18.2 Å². The molecule has 1 heterocycles. The van der Waals surface area contributed by atoms with Crippen LogP contribution < -0.4 is 5.01 Å². The van der Waals surface area contributed by atoms with E-state index in [0.29, 0.717) is 12.3 Å². The van der Waals surface area contributed by atoms with Gasteiger partial charge in [0.25, 0.3) is 0 Å². The minimum atomic E-state index is -0.458. The second-order valence-corrected chi connectivity index (χ2v) is 3.67. The molecular weight excluding hydrogens is 218 g/mol. The normalized spacial score (nSPS) is 18.6. The number of hydrogen-bond donors (Lipinski definition) is 0. The molecule has 5 nitrogen and oxygen atoms in total. The second-order valence-electron chi connectivity index (χ2n) is 3.67. The molecule has 0 bridgehead atoms. The van der Waals surface area contributed by atoms with Gasteiger partial charge < -0.3 is 4.74 Å². The number of fused-ring (bicyclic) bond motifs is 1. The number of anilines is 1. The average molecular weight is 231 g/mol. The van der Waals surface area contributed by atoms with E-state index in [2.05, 4.69) is 6.07 Å². The molecule has 1 atom stereocenters. The fourth-order valence-corrected chi connectivity index (χ4v) is 1.96. The van der Waals surface area contributed by atoms with Crippen LogP contribution in [0.2, 0.25) is 0 Å². The molecule has 88 valence electrons. The zero-order valence-corrected chi connectivity index (χ0v) is 9.75. The molecule has 0 aliphatic carbocycles. The molecule has 0 radical (unpaired) electrons. The molecule has 2 rings (SSSR count). The summed E-state index contributed by atoms with van der Waals surface area (Å²) in [6, 6.07) is 9.06. The number of hydrogen-bond acceptors (Lipinski definition) is 4. The van der Waals surface area contributed by atoms with Crippen LogP contribution in [0, 0.1) is 11.3 Å². The van der Waals surface area contributed by atoms with E-state index in [1.54, 1.807) is 25.0 Å². The van der Waals surface area contributed by atoms with E-state index in [4.69, 9.17) is 10.00 Å². The van der Waals surface area contributed by atoms with Crippen LogP contribution in [-0.2, 0) is 4.74 Å². The van der Waals surface area contributed by atoms with Crippen molar-refractivity contribution in [3.8, 4) is 6.07 Å². The van der Waals surface area contributed by atoms with E-state index in [1.165, 1.54) is 5.01 Å². The van der Waals surface area contributed by atoms with Crippen LogP contribution in [0.25, 0.3) is 0 Å². The SMILES string of the molecule is CCOC(=O)N1c2ccccc2C(C#N)N1C. The molecule has 0 fully saturated rings. The summed E-state index contributed by atoms with van der Waals surface area (Å²) in [7, 11) is 1.70. The lowest BCUT2D eigenvalue weighted by molar-refractivity contribution is 0.139. The first-order valence-corrected chi connectivity index (χ1v) is 5.38. The first kappa shape index (κ1) is 11.4. The van der Waals surface area contributed by atoms with Crippen LogP contribution in [0.1, 0.15) is 18.5 Å². The van der Waals surface area contributed by atoms with Crippen LogP contribution in [0.3, 0.4) is 0 Å². The molecule has 0 aromatic heterocycles. The fourth-order valence-electron chi connectivity index (χ4n) is 1.96.